The van der Waals surface area contributed by atoms with Crippen LogP contribution in [-0.4, -0.2) is 49.6 Å². The van der Waals surface area contributed by atoms with Crippen LogP contribution in [0.1, 0.15) is 40.0 Å². The summed E-state index contributed by atoms with van der Waals surface area (Å²) in [5, 5.41) is 6.46. The van der Waals surface area contributed by atoms with Crippen LogP contribution in [0.15, 0.2) is 0 Å². The molecule has 3 unspecified atom stereocenters. The molecule has 0 aliphatic carbocycles. The molecule has 1 heterocycles. The molecular formula is C14H29N3O. The van der Waals surface area contributed by atoms with Crippen molar-refractivity contribution < 1.29 is 4.79 Å². The van der Waals surface area contributed by atoms with Gasteiger partial charge < -0.3 is 15.5 Å². The number of hydrogen-bond acceptors (Lipinski definition) is 3. The zero-order chi connectivity index (χ0) is 13.5. The quantitative estimate of drug-likeness (QED) is 0.702. The van der Waals surface area contributed by atoms with E-state index >= 15 is 0 Å². The van der Waals surface area contributed by atoms with Crippen molar-refractivity contribution in [1.29, 1.82) is 0 Å². The van der Waals surface area contributed by atoms with E-state index in [0.717, 1.165) is 38.9 Å². The van der Waals surface area contributed by atoms with Crippen LogP contribution in [0.3, 0.4) is 0 Å². The van der Waals surface area contributed by atoms with E-state index in [-0.39, 0.29) is 11.9 Å². The van der Waals surface area contributed by atoms with Crippen LogP contribution in [0.2, 0.25) is 0 Å². The molecule has 2 N–H and O–H groups in total. The molecular weight excluding hydrogens is 226 g/mol. The fourth-order valence-electron chi connectivity index (χ4n) is 2.54. The number of nitrogens with zero attached hydrogens (tertiary/aromatic N) is 1. The SMILES string of the molecule is CCCCNC(=O)C(C)NC1CCN(C)CC1C. The lowest BCUT2D eigenvalue weighted by atomic mass is 9.93. The Morgan fingerprint density at radius 2 is 2.22 bits per heavy atom. The summed E-state index contributed by atoms with van der Waals surface area (Å²) in [5.41, 5.74) is 0. The number of piperidine rings is 1. The minimum atomic E-state index is -0.0855. The maximum atomic E-state index is 11.9. The molecule has 1 aliphatic heterocycles. The fourth-order valence-corrected chi connectivity index (χ4v) is 2.54. The molecule has 0 aromatic carbocycles. The topological polar surface area (TPSA) is 44.4 Å². The maximum absolute atomic E-state index is 11.9. The number of nitrogens with one attached hydrogen (secondary N) is 2. The van der Waals surface area contributed by atoms with Gasteiger partial charge in [0.25, 0.3) is 0 Å². The van der Waals surface area contributed by atoms with Gasteiger partial charge in [0, 0.05) is 19.1 Å². The van der Waals surface area contributed by atoms with Gasteiger partial charge in [-0.2, -0.15) is 0 Å². The number of hydrogen-bond donors (Lipinski definition) is 2. The van der Waals surface area contributed by atoms with Gasteiger partial charge in [-0.25, -0.2) is 0 Å². The van der Waals surface area contributed by atoms with E-state index in [1.165, 1.54) is 0 Å². The molecule has 0 aromatic heterocycles. The van der Waals surface area contributed by atoms with Crippen LogP contribution in [0.5, 0.6) is 0 Å². The Bertz CT molecular complexity index is 257. The van der Waals surface area contributed by atoms with Crippen LogP contribution in [0, 0.1) is 5.92 Å². The second-order valence-corrected chi connectivity index (χ2v) is 5.67. The first kappa shape index (κ1) is 15.4. The monoisotopic (exact) mass is 255 g/mol. The number of carbonyl (C=O) groups excluding carboxylic acids is 1. The normalized spacial score (nSPS) is 26.9. The van der Waals surface area contributed by atoms with Crippen molar-refractivity contribution in [2.75, 3.05) is 26.7 Å². The molecule has 1 amide bonds. The van der Waals surface area contributed by atoms with Gasteiger partial charge in [-0.3, -0.25) is 4.79 Å². The van der Waals surface area contributed by atoms with E-state index in [9.17, 15) is 4.79 Å². The Hall–Kier alpha value is -0.610. The summed E-state index contributed by atoms with van der Waals surface area (Å²) in [5.74, 6) is 0.740. The first-order valence-corrected chi connectivity index (χ1v) is 7.27. The number of amides is 1. The summed E-state index contributed by atoms with van der Waals surface area (Å²) in [7, 11) is 2.16. The molecule has 1 fully saturated rings. The highest BCUT2D eigenvalue weighted by atomic mass is 16.2. The third kappa shape index (κ3) is 4.94. The molecule has 0 spiro atoms. The summed E-state index contributed by atoms with van der Waals surface area (Å²) < 4.78 is 0. The standard InChI is InChI=1S/C14H29N3O/c1-5-6-8-15-14(18)12(3)16-13-7-9-17(4)10-11(13)2/h11-13,16H,5-10H2,1-4H3,(H,15,18). The number of carbonyl (C=O) groups is 1. The number of rotatable bonds is 6. The van der Waals surface area contributed by atoms with E-state index in [4.69, 9.17) is 0 Å². The first-order chi connectivity index (χ1) is 8.54. The molecule has 4 heteroatoms. The van der Waals surface area contributed by atoms with E-state index in [1.54, 1.807) is 0 Å². The zero-order valence-electron chi connectivity index (χ0n) is 12.3. The Morgan fingerprint density at radius 1 is 1.50 bits per heavy atom. The molecule has 1 aliphatic rings. The van der Waals surface area contributed by atoms with E-state index < -0.39 is 0 Å². The molecule has 0 aromatic rings. The largest absolute Gasteiger partial charge is 0.355 e. The predicted octanol–water partition coefficient (Wildman–Crippen LogP) is 1.22. The average molecular weight is 255 g/mol. The molecule has 0 radical (unpaired) electrons. The van der Waals surface area contributed by atoms with Crippen LogP contribution in [-0.2, 0) is 4.79 Å². The Balaban J connectivity index is 2.30. The van der Waals surface area contributed by atoms with Gasteiger partial charge in [-0.15, -0.1) is 0 Å². The van der Waals surface area contributed by atoms with Crippen molar-refractivity contribution in [1.82, 2.24) is 15.5 Å². The first-order valence-electron chi connectivity index (χ1n) is 7.27. The lowest BCUT2D eigenvalue weighted by Crippen LogP contribution is -2.53. The molecule has 4 nitrogen and oxygen atoms in total. The zero-order valence-corrected chi connectivity index (χ0v) is 12.3. The van der Waals surface area contributed by atoms with Gasteiger partial charge in [0.2, 0.25) is 5.91 Å². The van der Waals surface area contributed by atoms with Crippen molar-refractivity contribution in [2.24, 2.45) is 5.92 Å². The van der Waals surface area contributed by atoms with Crippen molar-refractivity contribution in [3.63, 3.8) is 0 Å². The minimum absolute atomic E-state index is 0.0855. The van der Waals surface area contributed by atoms with Gasteiger partial charge in [0.1, 0.15) is 0 Å². The summed E-state index contributed by atoms with van der Waals surface area (Å²) >= 11 is 0. The van der Waals surface area contributed by atoms with Gasteiger partial charge >= 0.3 is 0 Å². The molecule has 1 saturated heterocycles. The third-order valence-corrected chi connectivity index (χ3v) is 3.80. The van der Waals surface area contributed by atoms with Crippen LogP contribution in [0.25, 0.3) is 0 Å². The second kappa shape index (κ2) is 7.74. The van der Waals surface area contributed by atoms with Crippen LogP contribution < -0.4 is 10.6 Å². The van der Waals surface area contributed by atoms with Crippen molar-refractivity contribution in [3.05, 3.63) is 0 Å². The van der Waals surface area contributed by atoms with Crippen LogP contribution in [0.4, 0.5) is 0 Å². The van der Waals surface area contributed by atoms with Crippen molar-refractivity contribution in [2.45, 2.75) is 52.1 Å². The molecule has 3 atom stereocenters. The fraction of sp³-hybridized carbons (Fsp3) is 0.929. The van der Waals surface area contributed by atoms with Gasteiger partial charge in [0.05, 0.1) is 6.04 Å². The minimum Gasteiger partial charge on any atom is -0.355 e. The molecule has 106 valence electrons. The highest BCUT2D eigenvalue weighted by molar-refractivity contribution is 5.81. The Kier molecular flexibility index (Phi) is 6.65. The summed E-state index contributed by atoms with van der Waals surface area (Å²) in [6.07, 6.45) is 3.31. The summed E-state index contributed by atoms with van der Waals surface area (Å²) in [6.45, 7) is 9.38. The lowest BCUT2D eigenvalue weighted by Gasteiger charge is -2.36. The summed E-state index contributed by atoms with van der Waals surface area (Å²) in [4.78, 5) is 14.2. The van der Waals surface area contributed by atoms with E-state index in [0.29, 0.717) is 12.0 Å². The molecule has 0 saturated carbocycles. The Morgan fingerprint density at radius 3 is 2.83 bits per heavy atom. The smallest absolute Gasteiger partial charge is 0.236 e. The van der Waals surface area contributed by atoms with Gasteiger partial charge in [-0.1, -0.05) is 20.3 Å². The number of likely N-dealkylation sites (tertiary alicyclic amines) is 1. The molecule has 18 heavy (non-hydrogen) atoms. The lowest BCUT2D eigenvalue weighted by molar-refractivity contribution is -0.123. The van der Waals surface area contributed by atoms with Crippen molar-refractivity contribution >= 4 is 5.91 Å². The predicted molar refractivity (Wildman–Crippen MR) is 75.6 cm³/mol. The van der Waals surface area contributed by atoms with E-state index in [2.05, 4.69) is 36.4 Å². The van der Waals surface area contributed by atoms with Gasteiger partial charge in [-0.05, 0) is 39.3 Å². The number of unbranched alkanes of at least 4 members (excludes halogenated alkanes) is 1. The third-order valence-electron chi connectivity index (χ3n) is 3.80. The van der Waals surface area contributed by atoms with E-state index in [1.807, 2.05) is 6.92 Å². The van der Waals surface area contributed by atoms with Gasteiger partial charge in [0.15, 0.2) is 0 Å². The second-order valence-electron chi connectivity index (χ2n) is 5.67. The Labute approximate surface area is 111 Å². The highest BCUT2D eigenvalue weighted by Gasteiger charge is 2.26. The highest BCUT2D eigenvalue weighted by Crippen LogP contribution is 2.15. The molecule has 1 rings (SSSR count). The van der Waals surface area contributed by atoms with Crippen molar-refractivity contribution in [3.8, 4) is 0 Å². The summed E-state index contributed by atoms with van der Waals surface area (Å²) in [6, 6.07) is 0.380. The molecule has 0 bridgehead atoms. The maximum Gasteiger partial charge on any atom is 0.236 e. The average Bonchev–Trinajstić information content (AvgIpc) is 2.32. The van der Waals surface area contributed by atoms with Crippen LogP contribution >= 0.6 is 0 Å².